The fourth-order valence-electron chi connectivity index (χ4n) is 3.90. The number of amidine groups is 1. The number of piperidine rings is 1. The van der Waals surface area contributed by atoms with Crippen molar-refractivity contribution in [3.05, 3.63) is 64.7 Å². The first kappa shape index (κ1) is 19.6. The van der Waals surface area contributed by atoms with E-state index in [1.807, 2.05) is 36.9 Å². The van der Waals surface area contributed by atoms with Gasteiger partial charge in [-0.1, -0.05) is 35.9 Å². The number of likely N-dealkylation sites (tertiary alicyclic amines) is 1. The number of esters is 1. The zero-order chi connectivity index (χ0) is 20.6. The van der Waals surface area contributed by atoms with Crippen molar-refractivity contribution < 1.29 is 17.9 Å². The van der Waals surface area contributed by atoms with Gasteiger partial charge in [-0.25, -0.2) is 0 Å². The first-order chi connectivity index (χ1) is 13.8. The Hall–Kier alpha value is -2.67. The number of ether oxygens (including phenoxy) is 1. The summed E-state index contributed by atoms with van der Waals surface area (Å²) in [6, 6.07) is 12.9. The van der Waals surface area contributed by atoms with E-state index in [-0.39, 0.29) is 23.4 Å². The molecule has 4 rings (SSSR count). The molecule has 0 amide bonds. The Kier molecular flexibility index (Phi) is 5.17. The largest absolute Gasteiger partial charge is 0.461 e. The van der Waals surface area contributed by atoms with Crippen molar-refractivity contribution in [2.75, 3.05) is 13.1 Å². The van der Waals surface area contributed by atoms with E-state index in [4.69, 9.17) is 4.74 Å². The van der Waals surface area contributed by atoms with E-state index < -0.39 is 10.0 Å². The molecule has 0 bridgehead atoms. The van der Waals surface area contributed by atoms with E-state index in [2.05, 4.69) is 4.40 Å². The Morgan fingerprint density at radius 3 is 2.83 bits per heavy atom. The highest BCUT2D eigenvalue weighted by atomic mass is 32.2. The number of rotatable bonds is 3. The minimum atomic E-state index is -3.67. The van der Waals surface area contributed by atoms with Crippen LogP contribution in [0.1, 0.15) is 35.1 Å². The number of fused-ring (bicyclic) bond motifs is 1. The lowest BCUT2D eigenvalue weighted by Gasteiger charge is -2.33. The molecule has 0 aromatic heterocycles. The van der Waals surface area contributed by atoms with Crippen molar-refractivity contribution in [2.24, 2.45) is 10.3 Å². The average molecular weight is 413 g/mol. The number of hydrogen-bond acceptors (Lipinski definition) is 5. The molecule has 2 aliphatic rings. The first-order valence-corrected chi connectivity index (χ1v) is 11.2. The Morgan fingerprint density at radius 1 is 1.21 bits per heavy atom. The molecule has 0 saturated carbocycles. The topological polar surface area (TPSA) is 76.0 Å². The molecule has 152 valence electrons. The van der Waals surface area contributed by atoms with Crippen molar-refractivity contribution in [1.82, 2.24) is 4.90 Å². The van der Waals surface area contributed by atoms with E-state index in [1.54, 1.807) is 24.3 Å². The molecule has 0 aliphatic carbocycles. The maximum absolute atomic E-state index is 12.7. The summed E-state index contributed by atoms with van der Waals surface area (Å²) in [7, 11) is -3.67. The van der Waals surface area contributed by atoms with Crippen molar-refractivity contribution >= 4 is 21.8 Å². The van der Waals surface area contributed by atoms with Gasteiger partial charge in [0.1, 0.15) is 11.5 Å². The average Bonchev–Trinajstić information content (AvgIpc) is 3.00. The van der Waals surface area contributed by atoms with Gasteiger partial charge in [-0.2, -0.15) is 8.42 Å². The Bertz CT molecular complexity index is 1090. The van der Waals surface area contributed by atoms with Gasteiger partial charge in [0, 0.05) is 18.7 Å². The number of hydrogen-bond donors (Lipinski definition) is 0. The SMILES string of the molecule is Cc1ccc(C)c(COC(=O)[C@H]2CCCN(C3=NS(=O)(=O)c4ccccc43)C2)c1. The zero-order valence-corrected chi connectivity index (χ0v) is 17.4. The number of sulfonamides is 1. The summed E-state index contributed by atoms with van der Waals surface area (Å²) in [6.07, 6.45) is 1.51. The molecular weight excluding hydrogens is 388 g/mol. The fourth-order valence-corrected chi connectivity index (χ4v) is 5.13. The zero-order valence-electron chi connectivity index (χ0n) is 16.6. The smallest absolute Gasteiger partial charge is 0.311 e. The third-order valence-electron chi connectivity index (χ3n) is 5.54. The van der Waals surface area contributed by atoms with Gasteiger partial charge in [0.05, 0.1) is 5.92 Å². The van der Waals surface area contributed by atoms with Gasteiger partial charge in [0.25, 0.3) is 10.0 Å². The third-order valence-corrected chi connectivity index (χ3v) is 6.87. The summed E-state index contributed by atoms with van der Waals surface area (Å²) in [5, 5.41) is 0. The highest BCUT2D eigenvalue weighted by Crippen LogP contribution is 2.30. The van der Waals surface area contributed by atoms with Crippen molar-refractivity contribution in [1.29, 1.82) is 0 Å². The highest BCUT2D eigenvalue weighted by molar-refractivity contribution is 7.90. The van der Waals surface area contributed by atoms with Gasteiger partial charge in [-0.05, 0) is 49.9 Å². The molecule has 1 saturated heterocycles. The predicted octanol–water partition coefficient (Wildman–Crippen LogP) is 3.21. The van der Waals surface area contributed by atoms with Crippen LogP contribution < -0.4 is 0 Å². The maximum Gasteiger partial charge on any atom is 0.311 e. The molecule has 2 aromatic rings. The van der Waals surface area contributed by atoms with Crippen LogP contribution in [0.3, 0.4) is 0 Å². The summed E-state index contributed by atoms with van der Waals surface area (Å²) in [5.74, 6) is -0.106. The van der Waals surface area contributed by atoms with E-state index in [9.17, 15) is 13.2 Å². The molecule has 2 heterocycles. The second-order valence-corrected chi connectivity index (χ2v) is 9.28. The van der Waals surface area contributed by atoms with Crippen LogP contribution >= 0.6 is 0 Å². The molecule has 1 fully saturated rings. The lowest BCUT2D eigenvalue weighted by Crippen LogP contribution is -2.42. The highest BCUT2D eigenvalue weighted by Gasteiger charge is 2.35. The van der Waals surface area contributed by atoms with Gasteiger partial charge in [-0.3, -0.25) is 4.79 Å². The number of carbonyl (C=O) groups is 1. The number of nitrogens with zero attached hydrogens (tertiary/aromatic N) is 2. The van der Waals surface area contributed by atoms with Gasteiger partial charge in [0.2, 0.25) is 0 Å². The summed E-state index contributed by atoms with van der Waals surface area (Å²) in [5.41, 5.74) is 3.84. The third kappa shape index (κ3) is 3.92. The quantitative estimate of drug-likeness (QED) is 0.724. The Balaban J connectivity index is 1.46. The molecule has 6 nitrogen and oxygen atoms in total. The first-order valence-electron chi connectivity index (χ1n) is 9.77. The van der Waals surface area contributed by atoms with Gasteiger partial charge in [0.15, 0.2) is 5.84 Å². The molecule has 2 aliphatic heterocycles. The van der Waals surface area contributed by atoms with Gasteiger partial charge in [-0.15, -0.1) is 4.40 Å². The lowest BCUT2D eigenvalue weighted by molar-refractivity contribution is -0.151. The van der Waals surface area contributed by atoms with Crippen LogP contribution in [0.5, 0.6) is 0 Å². The Morgan fingerprint density at radius 2 is 2.00 bits per heavy atom. The van der Waals surface area contributed by atoms with Crippen LogP contribution in [0, 0.1) is 19.8 Å². The van der Waals surface area contributed by atoms with Crippen molar-refractivity contribution in [2.45, 2.75) is 38.2 Å². The number of aryl methyl sites for hydroxylation is 2. The molecular formula is C22H24N2O4S. The number of carbonyl (C=O) groups excluding carboxylic acids is 1. The minimum absolute atomic E-state index is 0.231. The lowest BCUT2D eigenvalue weighted by atomic mass is 9.97. The molecule has 1 atom stereocenters. The fraction of sp³-hybridized carbons (Fsp3) is 0.364. The molecule has 29 heavy (non-hydrogen) atoms. The second-order valence-electron chi connectivity index (χ2n) is 7.71. The van der Waals surface area contributed by atoms with Crippen LogP contribution in [0.4, 0.5) is 0 Å². The van der Waals surface area contributed by atoms with Crippen LogP contribution in [-0.2, 0) is 26.2 Å². The normalized spacial score (nSPS) is 20.1. The summed E-state index contributed by atoms with van der Waals surface area (Å²) in [6.45, 7) is 5.35. The predicted molar refractivity (Wildman–Crippen MR) is 110 cm³/mol. The molecule has 0 N–H and O–H groups in total. The van der Waals surface area contributed by atoms with Gasteiger partial charge >= 0.3 is 5.97 Å². The number of benzene rings is 2. The van der Waals surface area contributed by atoms with Crippen LogP contribution in [-0.4, -0.2) is 38.2 Å². The summed E-state index contributed by atoms with van der Waals surface area (Å²) in [4.78, 5) is 14.8. The van der Waals surface area contributed by atoms with E-state index >= 15 is 0 Å². The van der Waals surface area contributed by atoms with E-state index in [1.165, 1.54) is 0 Å². The molecule has 2 aromatic carbocycles. The second kappa shape index (κ2) is 7.63. The Labute approximate surface area is 171 Å². The standard InChI is InChI=1S/C22H24N2O4S/c1-15-9-10-16(2)18(12-15)14-28-22(25)17-6-5-11-24(13-17)21-19-7-3-4-8-20(19)29(26,27)23-21/h3-4,7-10,12,17H,5-6,11,13-14H2,1-2H3/t17-/m0/s1. The molecule has 0 spiro atoms. The maximum atomic E-state index is 12.7. The van der Waals surface area contributed by atoms with Crippen molar-refractivity contribution in [3.63, 3.8) is 0 Å². The van der Waals surface area contributed by atoms with E-state index in [0.29, 0.717) is 24.5 Å². The summed E-state index contributed by atoms with van der Waals surface area (Å²) >= 11 is 0. The van der Waals surface area contributed by atoms with Crippen LogP contribution in [0.25, 0.3) is 0 Å². The van der Waals surface area contributed by atoms with Gasteiger partial charge < -0.3 is 9.64 Å². The van der Waals surface area contributed by atoms with Crippen LogP contribution in [0.2, 0.25) is 0 Å². The molecule has 0 unspecified atom stereocenters. The minimum Gasteiger partial charge on any atom is -0.461 e. The van der Waals surface area contributed by atoms with E-state index in [0.717, 1.165) is 29.5 Å². The van der Waals surface area contributed by atoms with Crippen LogP contribution in [0.15, 0.2) is 51.8 Å². The summed E-state index contributed by atoms with van der Waals surface area (Å²) < 4.78 is 34.3. The molecule has 7 heteroatoms. The molecule has 0 radical (unpaired) electrons. The monoisotopic (exact) mass is 412 g/mol. The van der Waals surface area contributed by atoms with Crippen molar-refractivity contribution in [3.8, 4) is 0 Å².